The summed E-state index contributed by atoms with van der Waals surface area (Å²) in [4.78, 5) is 30.6. The number of aryl methyl sites for hydroxylation is 1. The molecule has 3 heterocycles. The third kappa shape index (κ3) is 3.69. The Morgan fingerprint density at radius 3 is 2.89 bits per heavy atom. The van der Waals surface area contributed by atoms with Gasteiger partial charge in [0.15, 0.2) is 0 Å². The van der Waals surface area contributed by atoms with Crippen molar-refractivity contribution in [2.75, 3.05) is 13.2 Å². The summed E-state index contributed by atoms with van der Waals surface area (Å²) < 4.78 is 17.4. The first-order valence-electron chi connectivity index (χ1n) is 8.88. The van der Waals surface area contributed by atoms with Crippen LogP contribution in [0, 0.1) is 0 Å². The van der Waals surface area contributed by atoms with Crippen LogP contribution in [0.2, 0.25) is 0 Å². The molecule has 7 nitrogen and oxygen atoms in total. The van der Waals surface area contributed by atoms with Gasteiger partial charge in [-0.25, -0.2) is 4.79 Å². The Hall–Kier alpha value is -2.97. The van der Waals surface area contributed by atoms with E-state index in [1.807, 2.05) is 19.1 Å². The van der Waals surface area contributed by atoms with Crippen LogP contribution in [0.3, 0.4) is 0 Å². The minimum absolute atomic E-state index is 0.00140. The van der Waals surface area contributed by atoms with Crippen molar-refractivity contribution in [3.8, 4) is 6.01 Å². The van der Waals surface area contributed by atoms with Crippen molar-refractivity contribution in [3.63, 3.8) is 0 Å². The van der Waals surface area contributed by atoms with E-state index >= 15 is 0 Å². The summed E-state index contributed by atoms with van der Waals surface area (Å²) in [5, 5.41) is 3.55. The maximum Gasteiger partial charge on any atom is 0.337 e. The van der Waals surface area contributed by atoms with Gasteiger partial charge >= 0.3 is 5.63 Å². The minimum atomic E-state index is -0.542. The number of aromatic nitrogens is 2. The zero-order valence-electron chi connectivity index (χ0n) is 15.2. The molecular weight excluding hydrogens is 380 g/mol. The molecule has 4 rings (SSSR count). The molecule has 0 fully saturated rings. The van der Waals surface area contributed by atoms with Crippen LogP contribution in [0.1, 0.15) is 18.1 Å². The van der Waals surface area contributed by atoms with Crippen molar-refractivity contribution in [3.05, 3.63) is 67.6 Å². The van der Waals surface area contributed by atoms with Gasteiger partial charge in [-0.05, 0) is 34.4 Å². The zero-order valence-corrected chi connectivity index (χ0v) is 16.0. The number of ether oxygens (including phenoxy) is 2. The molecule has 1 N–H and O–H groups in total. The van der Waals surface area contributed by atoms with Crippen molar-refractivity contribution in [2.24, 2.45) is 0 Å². The molecule has 0 atom stereocenters. The van der Waals surface area contributed by atoms with Crippen molar-refractivity contribution in [2.45, 2.75) is 20.0 Å². The molecule has 0 saturated carbocycles. The maximum absolute atomic E-state index is 12.3. The van der Waals surface area contributed by atoms with Crippen molar-refractivity contribution in [1.29, 1.82) is 0 Å². The predicted molar refractivity (Wildman–Crippen MR) is 107 cm³/mol. The molecule has 0 aliphatic rings. The fraction of sp³-hybridized carbons (Fsp3) is 0.250. The lowest BCUT2D eigenvalue weighted by atomic mass is 10.1. The average molecular weight is 398 g/mol. The van der Waals surface area contributed by atoms with Gasteiger partial charge in [0.2, 0.25) is 5.71 Å². The highest BCUT2D eigenvalue weighted by atomic mass is 32.1. The quantitative estimate of drug-likeness (QED) is 0.480. The predicted octanol–water partition coefficient (Wildman–Crippen LogP) is 3.25. The van der Waals surface area contributed by atoms with Gasteiger partial charge in [-0.3, -0.25) is 9.78 Å². The number of fused-ring (bicyclic) bond motifs is 2. The second kappa shape index (κ2) is 7.95. The zero-order chi connectivity index (χ0) is 19.5. The van der Waals surface area contributed by atoms with Gasteiger partial charge in [0.05, 0.1) is 13.2 Å². The second-order valence-electron chi connectivity index (χ2n) is 6.15. The number of hydrogen-bond donors (Lipinski definition) is 1. The summed E-state index contributed by atoms with van der Waals surface area (Å²) in [7, 11) is 0. The molecule has 3 aromatic heterocycles. The van der Waals surface area contributed by atoms with Crippen LogP contribution < -0.4 is 15.9 Å². The largest absolute Gasteiger partial charge is 0.462 e. The van der Waals surface area contributed by atoms with Crippen molar-refractivity contribution in [1.82, 2.24) is 9.97 Å². The first-order chi connectivity index (χ1) is 13.7. The molecule has 0 unspecified atom stereocenters. The summed E-state index contributed by atoms with van der Waals surface area (Å²) in [6.07, 6.45) is 0.526. The summed E-state index contributed by atoms with van der Waals surface area (Å²) >= 11 is 1.68. The van der Waals surface area contributed by atoms with Gasteiger partial charge < -0.3 is 13.9 Å². The van der Waals surface area contributed by atoms with Crippen LogP contribution in [0.15, 0.2) is 49.7 Å². The van der Waals surface area contributed by atoms with Gasteiger partial charge in [-0.15, -0.1) is 11.3 Å². The Kier molecular flexibility index (Phi) is 5.23. The van der Waals surface area contributed by atoms with Crippen LogP contribution >= 0.6 is 11.3 Å². The van der Waals surface area contributed by atoms with E-state index in [1.54, 1.807) is 11.3 Å². The van der Waals surface area contributed by atoms with Gasteiger partial charge in [0.25, 0.3) is 11.6 Å². The molecule has 8 heteroatoms. The van der Waals surface area contributed by atoms with Crippen molar-refractivity contribution < 1.29 is 13.9 Å². The van der Waals surface area contributed by atoms with Gasteiger partial charge in [-0.2, -0.15) is 4.98 Å². The molecule has 0 aliphatic carbocycles. The smallest absolute Gasteiger partial charge is 0.337 e. The average Bonchev–Trinajstić information content (AvgIpc) is 3.10. The number of nitrogens with zero attached hydrogens (tertiary/aromatic N) is 1. The highest BCUT2D eigenvalue weighted by Crippen LogP contribution is 2.26. The van der Waals surface area contributed by atoms with Gasteiger partial charge in [0.1, 0.15) is 12.0 Å². The van der Waals surface area contributed by atoms with Crippen LogP contribution in [-0.2, 0) is 17.8 Å². The number of hydrogen-bond acceptors (Lipinski definition) is 7. The van der Waals surface area contributed by atoms with E-state index in [9.17, 15) is 9.59 Å². The molecule has 1 aromatic carbocycles. The fourth-order valence-electron chi connectivity index (χ4n) is 3.00. The molecule has 144 valence electrons. The molecule has 0 amide bonds. The van der Waals surface area contributed by atoms with Crippen LogP contribution in [0.4, 0.5) is 0 Å². The fourth-order valence-corrected chi connectivity index (χ4v) is 3.95. The molecule has 0 aliphatic heterocycles. The number of aromatic amines is 1. The van der Waals surface area contributed by atoms with E-state index in [-0.39, 0.29) is 23.7 Å². The second-order valence-corrected chi connectivity index (χ2v) is 7.06. The highest BCUT2D eigenvalue weighted by molar-refractivity contribution is 7.17. The summed E-state index contributed by atoms with van der Waals surface area (Å²) in [5.74, 6) is 0. The molecule has 0 saturated heterocycles. The Labute approximate surface area is 163 Å². The van der Waals surface area contributed by atoms with Crippen molar-refractivity contribution >= 4 is 32.5 Å². The number of benzene rings is 1. The van der Waals surface area contributed by atoms with E-state index < -0.39 is 11.2 Å². The van der Waals surface area contributed by atoms with E-state index in [2.05, 4.69) is 27.5 Å². The van der Waals surface area contributed by atoms with Gasteiger partial charge in [0, 0.05) is 10.8 Å². The van der Waals surface area contributed by atoms with E-state index in [1.165, 1.54) is 16.2 Å². The van der Waals surface area contributed by atoms with E-state index in [0.717, 1.165) is 5.56 Å². The molecule has 4 aromatic rings. The standard InChI is InChI=1S/C20H18N2O5S/c1-2-12-9-16(23)27-19-17(12)18(24)21-20(22-19)26-8-7-25-10-13-11-28-15-6-4-3-5-14(13)15/h3-6,9,11H,2,7-8,10H2,1H3,(H,21,22,24). The molecule has 28 heavy (non-hydrogen) atoms. The number of rotatable bonds is 7. The van der Waals surface area contributed by atoms with E-state index in [0.29, 0.717) is 25.2 Å². The third-order valence-corrected chi connectivity index (χ3v) is 5.35. The lowest BCUT2D eigenvalue weighted by Crippen LogP contribution is -2.16. The first-order valence-corrected chi connectivity index (χ1v) is 9.76. The number of thiophene rings is 1. The monoisotopic (exact) mass is 398 g/mol. The molecule has 0 spiro atoms. The Morgan fingerprint density at radius 1 is 1.18 bits per heavy atom. The lowest BCUT2D eigenvalue weighted by Gasteiger charge is -2.07. The topological polar surface area (TPSA) is 94.4 Å². The Balaban J connectivity index is 1.39. The SMILES string of the molecule is CCc1cc(=O)oc2nc(OCCOCc3csc4ccccc34)[nH]c(=O)c12. The lowest BCUT2D eigenvalue weighted by molar-refractivity contribution is 0.0866. The maximum atomic E-state index is 12.3. The van der Waals surface area contributed by atoms with Crippen LogP contribution in [-0.4, -0.2) is 23.2 Å². The molecular formula is C20H18N2O5S. The molecule has 0 radical (unpaired) electrons. The summed E-state index contributed by atoms with van der Waals surface area (Å²) in [6.45, 7) is 2.86. The number of H-pyrrole nitrogens is 1. The Morgan fingerprint density at radius 2 is 2.04 bits per heavy atom. The van der Waals surface area contributed by atoms with E-state index in [4.69, 9.17) is 13.9 Å². The Bertz CT molecular complexity index is 1240. The van der Waals surface area contributed by atoms with Crippen LogP contribution in [0.25, 0.3) is 21.2 Å². The highest BCUT2D eigenvalue weighted by Gasteiger charge is 2.12. The normalized spacial score (nSPS) is 11.3. The summed E-state index contributed by atoms with van der Waals surface area (Å²) in [6, 6.07) is 9.48. The number of nitrogens with one attached hydrogen (secondary N) is 1. The first kappa shape index (κ1) is 18.4. The molecule has 0 bridgehead atoms. The van der Waals surface area contributed by atoms with Crippen LogP contribution in [0.5, 0.6) is 6.01 Å². The third-order valence-electron chi connectivity index (χ3n) is 4.34. The minimum Gasteiger partial charge on any atom is -0.462 e. The van der Waals surface area contributed by atoms with Gasteiger partial charge in [-0.1, -0.05) is 25.1 Å². The summed E-state index contributed by atoms with van der Waals surface area (Å²) in [5.41, 5.74) is 0.768.